The Hall–Kier alpha value is -1.63. The zero-order valence-electron chi connectivity index (χ0n) is 10.9. The largest absolute Gasteiger partial charge is 0.481 e. The number of amides is 2. The normalized spacial score (nSPS) is 13.8. The predicted octanol–water partition coefficient (Wildman–Crippen LogP) is -0.792. The summed E-state index contributed by atoms with van der Waals surface area (Å²) in [4.78, 5) is 33.4. The number of carbonyl (C=O) groups excluding carboxylic acids is 2. The smallest absolute Gasteiger partial charge is 0.303 e. The molecule has 5 N–H and O–H groups in total. The Morgan fingerprint density at radius 3 is 2.11 bits per heavy atom. The van der Waals surface area contributed by atoms with Crippen molar-refractivity contribution in [2.75, 3.05) is 0 Å². The van der Waals surface area contributed by atoms with Crippen LogP contribution in [0.1, 0.15) is 33.6 Å². The van der Waals surface area contributed by atoms with E-state index in [1.54, 1.807) is 6.92 Å². The number of nitrogens with one attached hydrogen (secondary N) is 2. The van der Waals surface area contributed by atoms with Crippen LogP contribution < -0.4 is 16.4 Å². The van der Waals surface area contributed by atoms with Crippen molar-refractivity contribution in [1.82, 2.24) is 10.6 Å². The summed E-state index contributed by atoms with van der Waals surface area (Å²) in [5.74, 6) is -1.84. The summed E-state index contributed by atoms with van der Waals surface area (Å²) in [6.07, 6.45) is -0.138. The quantitative estimate of drug-likeness (QED) is 0.477. The molecule has 0 aromatic heterocycles. The van der Waals surface area contributed by atoms with Gasteiger partial charge in [-0.25, -0.2) is 0 Å². The van der Waals surface area contributed by atoms with Gasteiger partial charge in [0.15, 0.2) is 0 Å². The van der Waals surface area contributed by atoms with Gasteiger partial charge in [-0.05, 0) is 27.2 Å². The monoisotopic (exact) mass is 259 g/mol. The van der Waals surface area contributed by atoms with Crippen molar-refractivity contribution in [1.29, 1.82) is 0 Å². The van der Waals surface area contributed by atoms with E-state index in [9.17, 15) is 14.4 Å². The second-order valence-corrected chi connectivity index (χ2v) is 4.43. The first kappa shape index (κ1) is 16.4. The van der Waals surface area contributed by atoms with E-state index in [-0.39, 0.29) is 24.8 Å². The highest BCUT2D eigenvalue weighted by Gasteiger charge is 2.20. The minimum absolute atomic E-state index is 0.0162. The third-order valence-electron chi connectivity index (χ3n) is 2.19. The lowest BCUT2D eigenvalue weighted by molar-refractivity contribution is -0.137. The van der Waals surface area contributed by atoms with Crippen LogP contribution in [0.15, 0.2) is 0 Å². The minimum Gasteiger partial charge on any atom is -0.481 e. The fourth-order valence-corrected chi connectivity index (χ4v) is 1.21. The van der Waals surface area contributed by atoms with Gasteiger partial charge >= 0.3 is 5.97 Å². The molecule has 0 fully saturated rings. The molecule has 2 unspecified atom stereocenters. The Morgan fingerprint density at radius 1 is 1.11 bits per heavy atom. The molecule has 0 aromatic carbocycles. The van der Waals surface area contributed by atoms with Crippen molar-refractivity contribution in [2.24, 2.45) is 5.73 Å². The molecular formula is C11H21N3O4. The minimum atomic E-state index is -1.01. The Kier molecular flexibility index (Phi) is 6.96. The number of carboxylic acid groups (broad SMARTS) is 1. The van der Waals surface area contributed by atoms with Crippen LogP contribution in [0.5, 0.6) is 0 Å². The molecule has 0 spiro atoms. The van der Waals surface area contributed by atoms with Crippen molar-refractivity contribution in [3.05, 3.63) is 0 Å². The van der Waals surface area contributed by atoms with Gasteiger partial charge in [0.1, 0.15) is 6.04 Å². The number of carboxylic acids is 1. The molecule has 7 nitrogen and oxygen atoms in total. The molecule has 104 valence electrons. The standard InChI is InChI=1S/C11H21N3O4/c1-6(2)13-10(17)7(3)14-11(18)8(12)4-5-9(15)16/h6-8H,4-5,12H2,1-3H3,(H,13,17)(H,14,18)(H,15,16). The molecule has 7 heteroatoms. The van der Waals surface area contributed by atoms with E-state index in [4.69, 9.17) is 10.8 Å². The number of hydrogen-bond donors (Lipinski definition) is 4. The lowest BCUT2D eigenvalue weighted by Crippen LogP contribution is -2.51. The summed E-state index contributed by atoms with van der Waals surface area (Å²) >= 11 is 0. The van der Waals surface area contributed by atoms with E-state index in [0.29, 0.717) is 0 Å². The molecule has 18 heavy (non-hydrogen) atoms. The van der Waals surface area contributed by atoms with Crippen molar-refractivity contribution in [3.8, 4) is 0 Å². The van der Waals surface area contributed by atoms with Crippen molar-refractivity contribution in [2.45, 2.75) is 51.7 Å². The summed E-state index contributed by atoms with van der Waals surface area (Å²) in [5, 5.41) is 13.6. The van der Waals surface area contributed by atoms with E-state index < -0.39 is 24.0 Å². The third-order valence-corrected chi connectivity index (χ3v) is 2.19. The van der Waals surface area contributed by atoms with Gasteiger partial charge in [0.05, 0.1) is 6.04 Å². The lowest BCUT2D eigenvalue weighted by Gasteiger charge is -2.18. The number of nitrogens with two attached hydrogens (primary N) is 1. The van der Waals surface area contributed by atoms with Crippen LogP contribution in [0.2, 0.25) is 0 Å². The third kappa shape index (κ3) is 6.85. The molecule has 0 saturated carbocycles. The molecule has 0 heterocycles. The Morgan fingerprint density at radius 2 is 1.67 bits per heavy atom. The molecule has 0 aliphatic heterocycles. The van der Waals surface area contributed by atoms with Crippen LogP contribution in [0.4, 0.5) is 0 Å². The van der Waals surface area contributed by atoms with Crippen LogP contribution >= 0.6 is 0 Å². The highest BCUT2D eigenvalue weighted by atomic mass is 16.4. The molecule has 0 radical (unpaired) electrons. The Labute approximate surface area is 106 Å². The highest BCUT2D eigenvalue weighted by molar-refractivity contribution is 5.89. The van der Waals surface area contributed by atoms with E-state index in [1.165, 1.54) is 0 Å². The molecule has 0 aliphatic carbocycles. The van der Waals surface area contributed by atoms with Gasteiger partial charge in [0.25, 0.3) is 0 Å². The Bertz CT molecular complexity index is 317. The average Bonchev–Trinajstić information content (AvgIpc) is 2.24. The highest BCUT2D eigenvalue weighted by Crippen LogP contribution is 1.96. The second-order valence-electron chi connectivity index (χ2n) is 4.43. The maximum atomic E-state index is 11.5. The molecule has 0 rings (SSSR count). The zero-order chi connectivity index (χ0) is 14.3. The van der Waals surface area contributed by atoms with Gasteiger partial charge < -0.3 is 21.5 Å². The average molecular weight is 259 g/mol. The molecular weight excluding hydrogens is 238 g/mol. The Balaban J connectivity index is 4.13. The zero-order valence-corrected chi connectivity index (χ0v) is 10.9. The van der Waals surface area contributed by atoms with Gasteiger partial charge in [0.2, 0.25) is 11.8 Å². The summed E-state index contributed by atoms with van der Waals surface area (Å²) in [5.41, 5.74) is 5.51. The summed E-state index contributed by atoms with van der Waals surface area (Å²) in [7, 11) is 0. The predicted molar refractivity (Wildman–Crippen MR) is 65.7 cm³/mol. The summed E-state index contributed by atoms with van der Waals surface area (Å²) < 4.78 is 0. The number of hydrogen-bond acceptors (Lipinski definition) is 4. The fourth-order valence-electron chi connectivity index (χ4n) is 1.21. The molecule has 2 atom stereocenters. The maximum absolute atomic E-state index is 11.5. The first-order valence-electron chi connectivity index (χ1n) is 5.82. The van der Waals surface area contributed by atoms with Crippen LogP contribution in [0.3, 0.4) is 0 Å². The molecule has 0 bridgehead atoms. The van der Waals surface area contributed by atoms with E-state index in [2.05, 4.69) is 10.6 Å². The second kappa shape index (κ2) is 7.65. The number of rotatable bonds is 7. The van der Waals surface area contributed by atoms with E-state index in [0.717, 1.165) is 0 Å². The SMILES string of the molecule is CC(C)NC(=O)C(C)NC(=O)C(N)CCC(=O)O. The van der Waals surface area contributed by atoms with Gasteiger partial charge in [-0.15, -0.1) is 0 Å². The van der Waals surface area contributed by atoms with Gasteiger partial charge in [-0.3, -0.25) is 14.4 Å². The van der Waals surface area contributed by atoms with Crippen molar-refractivity contribution in [3.63, 3.8) is 0 Å². The fraction of sp³-hybridized carbons (Fsp3) is 0.727. The summed E-state index contributed by atoms with van der Waals surface area (Å²) in [6.45, 7) is 5.16. The van der Waals surface area contributed by atoms with Crippen LogP contribution in [-0.2, 0) is 14.4 Å². The molecule has 0 aromatic rings. The van der Waals surface area contributed by atoms with Crippen molar-refractivity contribution >= 4 is 17.8 Å². The van der Waals surface area contributed by atoms with Gasteiger partial charge in [-0.1, -0.05) is 0 Å². The van der Waals surface area contributed by atoms with Crippen LogP contribution in [0, 0.1) is 0 Å². The molecule has 0 saturated heterocycles. The van der Waals surface area contributed by atoms with Gasteiger partial charge in [0, 0.05) is 12.5 Å². The lowest BCUT2D eigenvalue weighted by atomic mass is 10.1. The molecule has 2 amide bonds. The van der Waals surface area contributed by atoms with Crippen LogP contribution in [-0.4, -0.2) is 41.0 Å². The van der Waals surface area contributed by atoms with Crippen molar-refractivity contribution < 1.29 is 19.5 Å². The number of carbonyl (C=O) groups is 3. The molecule has 0 aliphatic rings. The topological polar surface area (TPSA) is 122 Å². The first-order valence-corrected chi connectivity index (χ1v) is 5.82. The van der Waals surface area contributed by atoms with E-state index in [1.807, 2.05) is 13.8 Å². The maximum Gasteiger partial charge on any atom is 0.303 e. The van der Waals surface area contributed by atoms with Crippen LogP contribution in [0.25, 0.3) is 0 Å². The summed E-state index contributed by atoms with van der Waals surface area (Å²) in [6, 6.07) is -1.64. The number of aliphatic carboxylic acids is 1. The van der Waals surface area contributed by atoms with E-state index >= 15 is 0 Å². The van der Waals surface area contributed by atoms with Gasteiger partial charge in [-0.2, -0.15) is 0 Å². The first-order chi connectivity index (χ1) is 8.23.